The number of hydrogen-bond donors (Lipinski definition) is 1. The standard InChI is InChI=1S/C9H12N2O2/c1-3-10-9(12)8-5-4-7(13-2)6-11-8/h4-6H,3H2,1-2H3,(H,10,12). The van der Waals surface area contributed by atoms with Gasteiger partial charge in [-0.05, 0) is 19.1 Å². The molecule has 0 saturated heterocycles. The number of methoxy groups -OCH3 is 1. The molecule has 70 valence electrons. The molecule has 0 unspecified atom stereocenters. The van der Waals surface area contributed by atoms with Crippen LogP contribution in [0.5, 0.6) is 5.75 Å². The maximum atomic E-state index is 11.2. The van der Waals surface area contributed by atoms with Crippen LogP contribution in [-0.2, 0) is 0 Å². The lowest BCUT2D eigenvalue weighted by Crippen LogP contribution is -2.23. The second-order valence-electron chi connectivity index (χ2n) is 2.44. The molecule has 1 rings (SSSR count). The number of aromatic nitrogens is 1. The molecule has 0 aliphatic heterocycles. The minimum Gasteiger partial charge on any atom is -0.495 e. The van der Waals surface area contributed by atoms with E-state index in [0.717, 1.165) is 0 Å². The van der Waals surface area contributed by atoms with E-state index in [0.29, 0.717) is 18.0 Å². The van der Waals surface area contributed by atoms with E-state index < -0.39 is 0 Å². The van der Waals surface area contributed by atoms with Crippen molar-refractivity contribution in [3.8, 4) is 5.75 Å². The molecule has 0 spiro atoms. The van der Waals surface area contributed by atoms with Crippen LogP contribution in [0, 0.1) is 0 Å². The molecule has 0 radical (unpaired) electrons. The van der Waals surface area contributed by atoms with E-state index in [1.165, 1.54) is 6.20 Å². The Morgan fingerprint density at radius 3 is 2.85 bits per heavy atom. The molecule has 1 heterocycles. The van der Waals surface area contributed by atoms with Gasteiger partial charge < -0.3 is 10.1 Å². The summed E-state index contributed by atoms with van der Waals surface area (Å²) in [6.45, 7) is 2.47. The molecule has 1 N–H and O–H groups in total. The summed E-state index contributed by atoms with van der Waals surface area (Å²) in [5, 5.41) is 2.66. The Morgan fingerprint density at radius 2 is 2.38 bits per heavy atom. The Balaban J connectivity index is 2.74. The van der Waals surface area contributed by atoms with Crippen molar-refractivity contribution in [2.45, 2.75) is 6.92 Å². The maximum absolute atomic E-state index is 11.2. The Kier molecular flexibility index (Phi) is 3.25. The molecule has 0 aliphatic carbocycles. The van der Waals surface area contributed by atoms with Gasteiger partial charge in [-0.2, -0.15) is 0 Å². The highest BCUT2D eigenvalue weighted by atomic mass is 16.5. The van der Waals surface area contributed by atoms with Crippen molar-refractivity contribution < 1.29 is 9.53 Å². The zero-order chi connectivity index (χ0) is 9.68. The van der Waals surface area contributed by atoms with Gasteiger partial charge in [0.25, 0.3) is 5.91 Å². The Labute approximate surface area is 76.9 Å². The number of rotatable bonds is 3. The number of pyridine rings is 1. The van der Waals surface area contributed by atoms with Crippen molar-refractivity contribution in [2.24, 2.45) is 0 Å². The lowest BCUT2D eigenvalue weighted by atomic mass is 10.3. The van der Waals surface area contributed by atoms with Gasteiger partial charge in [0.05, 0.1) is 13.3 Å². The molecule has 1 aromatic heterocycles. The van der Waals surface area contributed by atoms with E-state index in [-0.39, 0.29) is 5.91 Å². The van der Waals surface area contributed by atoms with Crippen LogP contribution < -0.4 is 10.1 Å². The number of carbonyl (C=O) groups excluding carboxylic acids is 1. The zero-order valence-corrected chi connectivity index (χ0v) is 7.70. The first kappa shape index (κ1) is 9.51. The fourth-order valence-electron chi connectivity index (χ4n) is 0.886. The van der Waals surface area contributed by atoms with Gasteiger partial charge in [-0.3, -0.25) is 4.79 Å². The van der Waals surface area contributed by atoms with Crippen molar-refractivity contribution in [1.82, 2.24) is 10.3 Å². The van der Waals surface area contributed by atoms with Crippen LogP contribution in [-0.4, -0.2) is 24.5 Å². The van der Waals surface area contributed by atoms with Gasteiger partial charge in [-0.15, -0.1) is 0 Å². The summed E-state index contributed by atoms with van der Waals surface area (Å²) in [6.07, 6.45) is 1.52. The number of ether oxygens (including phenoxy) is 1. The molecule has 4 nitrogen and oxygen atoms in total. The summed E-state index contributed by atoms with van der Waals surface area (Å²) in [6, 6.07) is 3.33. The molecule has 13 heavy (non-hydrogen) atoms. The summed E-state index contributed by atoms with van der Waals surface area (Å²) < 4.78 is 4.91. The van der Waals surface area contributed by atoms with Gasteiger partial charge in [0, 0.05) is 6.54 Å². The van der Waals surface area contributed by atoms with Crippen LogP contribution >= 0.6 is 0 Å². The Hall–Kier alpha value is -1.58. The Bertz CT molecular complexity index is 282. The first-order valence-corrected chi connectivity index (χ1v) is 4.06. The molecular weight excluding hydrogens is 168 g/mol. The molecule has 4 heteroatoms. The number of carbonyl (C=O) groups is 1. The van der Waals surface area contributed by atoms with E-state index in [1.54, 1.807) is 19.2 Å². The smallest absolute Gasteiger partial charge is 0.269 e. The highest BCUT2D eigenvalue weighted by Crippen LogP contribution is 2.07. The minimum atomic E-state index is -0.162. The van der Waals surface area contributed by atoms with Gasteiger partial charge in [-0.1, -0.05) is 0 Å². The first-order valence-electron chi connectivity index (χ1n) is 4.06. The van der Waals surface area contributed by atoms with Crippen molar-refractivity contribution in [2.75, 3.05) is 13.7 Å². The Morgan fingerprint density at radius 1 is 1.62 bits per heavy atom. The van der Waals surface area contributed by atoms with Crippen molar-refractivity contribution in [3.63, 3.8) is 0 Å². The van der Waals surface area contributed by atoms with Crippen LogP contribution in [0.25, 0.3) is 0 Å². The van der Waals surface area contributed by atoms with Crippen molar-refractivity contribution >= 4 is 5.91 Å². The number of amides is 1. The largest absolute Gasteiger partial charge is 0.495 e. The number of hydrogen-bond acceptors (Lipinski definition) is 3. The van der Waals surface area contributed by atoms with E-state index in [2.05, 4.69) is 10.3 Å². The molecule has 0 bridgehead atoms. The van der Waals surface area contributed by atoms with Gasteiger partial charge in [0.1, 0.15) is 11.4 Å². The van der Waals surface area contributed by atoms with Gasteiger partial charge >= 0.3 is 0 Å². The summed E-state index contributed by atoms with van der Waals surface area (Å²) in [4.78, 5) is 15.2. The topological polar surface area (TPSA) is 51.2 Å². The van der Waals surface area contributed by atoms with Crippen LogP contribution in [0.15, 0.2) is 18.3 Å². The van der Waals surface area contributed by atoms with Crippen LogP contribution in [0.2, 0.25) is 0 Å². The minimum absolute atomic E-state index is 0.162. The normalized spacial score (nSPS) is 9.38. The quantitative estimate of drug-likeness (QED) is 0.749. The SMILES string of the molecule is CCNC(=O)c1ccc(OC)cn1. The summed E-state index contributed by atoms with van der Waals surface area (Å²) in [7, 11) is 1.56. The zero-order valence-electron chi connectivity index (χ0n) is 7.70. The van der Waals surface area contributed by atoms with Crippen molar-refractivity contribution in [1.29, 1.82) is 0 Å². The molecule has 0 saturated carbocycles. The molecule has 0 aliphatic rings. The van der Waals surface area contributed by atoms with Gasteiger partial charge in [-0.25, -0.2) is 4.98 Å². The van der Waals surface area contributed by atoms with Crippen LogP contribution in [0.1, 0.15) is 17.4 Å². The van der Waals surface area contributed by atoms with Gasteiger partial charge in [0.15, 0.2) is 0 Å². The predicted octanol–water partition coefficient (Wildman–Crippen LogP) is 0.840. The monoisotopic (exact) mass is 180 g/mol. The highest BCUT2D eigenvalue weighted by Gasteiger charge is 2.04. The summed E-state index contributed by atoms with van der Waals surface area (Å²) in [5.74, 6) is 0.484. The second kappa shape index (κ2) is 4.45. The molecule has 1 aromatic rings. The fourth-order valence-corrected chi connectivity index (χ4v) is 0.886. The molecule has 0 atom stereocenters. The van der Waals surface area contributed by atoms with Crippen molar-refractivity contribution in [3.05, 3.63) is 24.0 Å². The van der Waals surface area contributed by atoms with E-state index >= 15 is 0 Å². The molecular formula is C9H12N2O2. The third-order valence-corrected chi connectivity index (χ3v) is 1.54. The lowest BCUT2D eigenvalue weighted by molar-refractivity contribution is 0.0951. The third kappa shape index (κ3) is 2.43. The van der Waals surface area contributed by atoms with E-state index in [1.807, 2.05) is 6.92 Å². The average Bonchev–Trinajstić information content (AvgIpc) is 2.18. The molecule has 1 amide bonds. The summed E-state index contributed by atoms with van der Waals surface area (Å²) in [5.41, 5.74) is 0.405. The van der Waals surface area contributed by atoms with E-state index in [9.17, 15) is 4.79 Å². The predicted molar refractivity (Wildman–Crippen MR) is 48.8 cm³/mol. The molecule has 0 aromatic carbocycles. The third-order valence-electron chi connectivity index (χ3n) is 1.54. The highest BCUT2D eigenvalue weighted by molar-refractivity contribution is 5.92. The second-order valence-corrected chi connectivity index (χ2v) is 2.44. The van der Waals surface area contributed by atoms with E-state index in [4.69, 9.17) is 4.74 Å². The first-order chi connectivity index (χ1) is 6.27. The molecule has 0 fully saturated rings. The number of nitrogens with zero attached hydrogens (tertiary/aromatic N) is 1. The number of nitrogens with one attached hydrogen (secondary N) is 1. The average molecular weight is 180 g/mol. The van der Waals surface area contributed by atoms with Crippen LogP contribution in [0.4, 0.5) is 0 Å². The van der Waals surface area contributed by atoms with Gasteiger partial charge in [0.2, 0.25) is 0 Å². The lowest BCUT2D eigenvalue weighted by Gasteiger charge is -2.02. The summed E-state index contributed by atoms with van der Waals surface area (Å²) >= 11 is 0. The maximum Gasteiger partial charge on any atom is 0.269 e. The fraction of sp³-hybridized carbons (Fsp3) is 0.333. The van der Waals surface area contributed by atoms with Crippen LogP contribution in [0.3, 0.4) is 0 Å².